The number of amides is 1. The fourth-order valence-electron chi connectivity index (χ4n) is 4.34. The van der Waals surface area contributed by atoms with Crippen LogP contribution in [0.15, 0.2) is 66.9 Å². The SMILES string of the molecule is Cc1ccc([C@H]2c3cccn3-c3ccccc3CN2C(=O)C2CCC2)cc1. The molecule has 3 heteroatoms. The zero-order chi connectivity index (χ0) is 18.4. The van der Waals surface area contributed by atoms with Gasteiger partial charge in [-0.3, -0.25) is 4.79 Å². The molecule has 1 aliphatic carbocycles. The summed E-state index contributed by atoms with van der Waals surface area (Å²) in [7, 11) is 0. The minimum atomic E-state index is -0.0545. The average molecular weight is 356 g/mol. The number of benzene rings is 2. The number of rotatable bonds is 2. The van der Waals surface area contributed by atoms with E-state index in [1.807, 2.05) is 0 Å². The Labute approximate surface area is 160 Å². The van der Waals surface area contributed by atoms with Crippen LogP contribution in [0.4, 0.5) is 0 Å². The van der Waals surface area contributed by atoms with Gasteiger partial charge in [0, 0.05) is 24.4 Å². The Morgan fingerprint density at radius 1 is 0.963 bits per heavy atom. The highest BCUT2D eigenvalue weighted by Gasteiger charge is 2.37. The molecular formula is C24H24N2O. The molecule has 0 spiro atoms. The quantitative estimate of drug-likeness (QED) is 0.633. The number of fused-ring (bicyclic) bond motifs is 3. The second kappa shape index (κ2) is 6.41. The second-order valence-electron chi connectivity index (χ2n) is 7.84. The van der Waals surface area contributed by atoms with Crippen LogP contribution in [0.3, 0.4) is 0 Å². The maximum absolute atomic E-state index is 13.4. The Hall–Kier alpha value is -2.81. The number of para-hydroxylation sites is 1. The topological polar surface area (TPSA) is 25.2 Å². The summed E-state index contributed by atoms with van der Waals surface area (Å²) in [4.78, 5) is 15.6. The van der Waals surface area contributed by atoms with Crippen LogP contribution in [-0.4, -0.2) is 15.4 Å². The van der Waals surface area contributed by atoms with Crippen molar-refractivity contribution in [3.8, 4) is 5.69 Å². The number of carbonyl (C=O) groups is 1. The molecule has 0 bridgehead atoms. The zero-order valence-electron chi connectivity index (χ0n) is 15.6. The van der Waals surface area contributed by atoms with Crippen LogP contribution in [0, 0.1) is 12.8 Å². The van der Waals surface area contributed by atoms with E-state index in [9.17, 15) is 4.79 Å². The van der Waals surface area contributed by atoms with Crippen LogP contribution in [0.1, 0.15) is 47.7 Å². The number of hydrogen-bond acceptors (Lipinski definition) is 1. The summed E-state index contributed by atoms with van der Waals surface area (Å²) >= 11 is 0. The fourth-order valence-corrected chi connectivity index (χ4v) is 4.34. The lowest BCUT2D eigenvalue weighted by molar-refractivity contribution is -0.140. The molecule has 1 amide bonds. The smallest absolute Gasteiger partial charge is 0.226 e. The van der Waals surface area contributed by atoms with Gasteiger partial charge in [-0.05, 0) is 49.1 Å². The predicted molar refractivity (Wildman–Crippen MR) is 107 cm³/mol. The number of hydrogen-bond donors (Lipinski definition) is 0. The first-order valence-electron chi connectivity index (χ1n) is 9.85. The van der Waals surface area contributed by atoms with Crippen molar-refractivity contribution in [1.29, 1.82) is 0 Å². The summed E-state index contributed by atoms with van der Waals surface area (Å²) in [6.07, 6.45) is 5.34. The number of aromatic nitrogens is 1. The summed E-state index contributed by atoms with van der Waals surface area (Å²) < 4.78 is 2.26. The molecule has 0 saturated heterocycles. The molecule has 0 radical (unpaired) electrons. The molecule has 1 saturated carbocycles. The minimum absolute atomic E-state index is 0.0545. The molecule has 136 valence electrons. The van der Waals surface area contributed by atoms with E-state index in [-0.39, 0.29) is 12.0 Å². The third-order valence-corrected chi connectivity index (χ3v) is 6.09. The van der Waals surface area contributed by atoms with Crippen LogP contribution in [0.25, 0.3) is 5.69 Å². The van der Waals surface area contributed by atoms with E-state index in [1.54, 1.807) is 0 Å². The third kappa shape index (κ3) is 2.69. The molecule has 0 N–H and O–H groups in total. The maximum Gasteiger partial charge on any atom is 0.226 e. The van der Waals surface area contributed by atoms with E-state index in [4.69, 9.17) is 0 Å². The molecule has 27 heavy (non-hydrogen) atoms. The minimum Gasteiger partial charge on any atom is -0.325 e. The molecule has 2 aliphatic rings. The molecule has 5 rings (SSSR count). The van der Waals surface area contributed by atoms with Crippen LogP contribution >= 0.6 is 0 Å². The highest BCUT2D eigenvalue weighted by molar-refractivity contribution is 5.81. The third-order valence-electron chi connectivity index (χ3n) is 6.09. The lowest BCUT2D eigenvalue weighted by Crippen LogP contribution is -2.41. The Morgan fingerprint density at radius 2 is 1.74 bits per heavy atom. The molecular weight excluding hydrogens is 332 g/mol. The van der Waals surface area contributed by atoms with Gasteiger partial charge in [-0.2, -0.15) is 0 Å². The monoisotopic (exact) mass is 356 g/mol. The van der Waals surface area contributed by atoms with Crippen LogP contribution in [0.2, 0.25) is 0 Å². The van der Waals surface area contributed by atoms with Gasteiger partial charge in [-0.15, -0.1) is 0 Å². The van der Waals surface area contributed by atoms with E-state index in [0.29, 0.717) is 12.5 Å². The van der Waals surface area contributed by atoms with Crippen LogP contribution in [0.5, 0.6) is 0 Å². The lowest BCUT2D eigenvalue weighted by Gasteiger charge is -2.36. The zero-order valence-corrected chi connectivity index (χ0v) is 15.6. The van der Waals surface area contributed by atoms with Crippen LogP contribution < -0.4 is 0 Å². The van der Waals surface area contributed by atoms with Gasteiger partial charge in [0.2, 0.25) is 5.91 Å². The van der Waals surface area contributed by atoms with E-state index in [2.05, 4.69) is 83.3 Å². The maximum atomic E-state index is 13.4. The first-order valence-corrected chi connectivity index (χ1v) is 9.85. The van der Waals surface area contributed by atoms with Gasteiger partial charge in [0.05, 0.1) is 11.7 Å². The molecule has 2 heterocycles. The molecule has 1 aromatic heterocycles. The van der Waals surface area contributed by atoms with E-state index >= 15 is 0 Å². The average Bonchev–Trinajstić information content (AvgIpc) is 3.06. The standard InChI is InChI=1S/C24H24N2O/c1-17-11-13-18(14-12-17)23-22-10-5-15-25(22)21-9-3-2-6-20(21)16-26(23)24(27)19-7-4-8-19/h2-3,5-6,9-15,19,23H,4,7-8,16H2,1H3/t23-/m0/s1. The summed E-state index contributed by atoms with van der Waals surface area (Å²) in [5.74, 6) is 0.489. The molecule has 1 atom stereocenters. The van der Waals surface area contributed by atoms with Crippen molar-refractivity contribution < 1.29 is 4.79 Å². The second-order valence-corrected chi connectivity index (χ2v) is 7.84. The molecule has 3 aromatic rings. The molecule has 3 nitrogen and oxygen atoms in total. The van der Waals surface area contributed by atoms with Crippen molar-refractivity contribution >= 4 is 5.91 Å². The van der Waals surface area contributed by atoms with Gasteiger partial charge in [-0.1, -0.05) is 54.4 Å². The van der Waals surface area contributed by atoms with Gasteiger partial charge < -0.3 is 9.47 Å². The fraction of sp³-hybridized carbons (Fsp3) is 0.292. The summed E-state index contributed by atoms with van der Waals surface area (Å²) in [6.45, 7) is 2.76. The Kier molecular flexibility index (Phi) is 3.89. The summed E-state index contributed by atoms with van der Waals surface area (Å²) in [6, 6.07) is 21.3. The highest BCUT2D eigenvalue weighted by atomic mass is 16.2. The Morgan fingerprint density at radius 3 is 2.48 bits per heavy atom. The molecule has 1 aliphatic heterocycles. The number of aryl methyl sites for hydroxylation is 1. The molecule has 1 fully saturated rings. The molecule has 2 aromatic carbocycles. The van der Waals surface area contributed by atoms with E-state index < -0.39 is 0 Å². The lowest BCUT2D eigenvalue weighted by atomic mass is 9.83. The van der Waals surface area contributed by atoms with Gasteiger partial charge in [0.1, 0.15) is 0 Å². The Bertz CT molecular complexity index is 982. The first-order chi connectivity index (χ1) is 13.2. The molecule has 0 unspecified atom stereocenters. The normalized spacial score (nSPS) is 19.0. The van der Waals surface area contributed by atoms with Crippen molar-refractivity contribution in [2.24, 2.45) is 5.92 Å². The van der Waals surface area contributed by atoms with Crippen molar-refractivity contribution in [3.63, 3.8) is 0 Å². The highest BCUT2D eigenvalue weighted by Crippen LogP contribution is 2.39. The predicted octanol–water partition coefficient (Wildman–Crippen LogP) is 5.02. The van der Waals surface area contributed by atoms with Gasteiger partial charge in [0.15, 0.2) is 0 Å². The van der Waals surface area contributed by atoms with E-state index in [1.165, 1.54) is 28.8 Å². The van der Waals surface area contributed by atoms with Gasteiger partial charge >= 0.3 is 0 Å². The van der Waals surface area contributed by atoms with Crippen molar-refractivity contribution in [3.05, 3.63) is 89.2 Å². The van der Waals surface area contributed by atoms with Crippen molar-refractivity contribution in [2.45, 2.75) is 38.8 Å². The Balaban J connectivity index is 1.69. The van der Waals surface area contributed by atoms with Crippen molar-refractivity contribution in [1.82, 2.24) is 9.47 Å². The van der Waals surface area contributed by atoms with E-state index in [0.717, 1.165) is 18.5 Å². The van der Waals surface area contributed by atoms with Crippen LogP contribution in [-0.2, 0) is 11.3 Å². The summed E-state index contributed by atoms with van der Waals surface area (Å²) in [5, 5.41) is 0. The number of carbonyl (C=O) groups excluding carboxylic acids is 1. The van der Waals surface area contributed by atoms with Crippen molar-refractivity contribution in [2.75, 3.05) is 0 Å². The number of nitrogens with zero attached hydrogens (tertiary/aromatic N) is 2. The van der Waals surface area contributed by atoms with Gasteiger partial charge in [-0.25, -0.2) is 0 Å². The van der Waals surface area contributed by atoms with Gasteiger partial charge in [0.25, 0.3) is 0 Å². The summed E-state index contributed by atoms with van der Waals surface area (Å²) in [5.41, 5.74) is 5.97. The first kappa shape index (κ1) is 16.4. The largest absolute Gasteiger partial charge is 0.325 e.